The lowest BCUT2D eigenvalue weighted by atomic mass is 10.1. The molecule has 1 saturated carbocycles. The van der Waals surface area contributed by atoms with Crippen LogP contribution in [-0.4, -0.2) is 71.8 Å². The van der Waals surface area contributed by atoms with E-state index < -0.39 is 0 Å². The number of ether oxygens (including phenoxy) is 2. The summed E-state index contributed by atoms with van der Waals surface area (Å²) in [6.45, 7) is 8.21. The maximum atomic E-state index is 13.2. The zero-order chi connectivity index (χ0) is 23.0. The number of hydrogen-bond acceptors (Lipinski definition) is 5. The zero-order valence-electron chi connectivity index (χ0n) is 19.6. The van der Waals surface area contributed by atoms with Gasteiger partial charge in [0.05, 0.1) is 25.3 Å². The molecule has 2 aliphatic rings. The molecule has 1 aliphatic carbocycles. The Labute approximate surface area is 189 Å². The number of benzene rings is 1. The van der Waals surface area contributed by atoms with Crippen LogP contribution < -0.4 is 9.47 Å². The van der Waals surface area contributed by atoms with Gasteiger partial charge in [0.1, 0.15) is 11.5 Å². The van der Waals surface area contributed by atoms with Crippen molar-refractivity contribution in [2.45, 2.75) is 45.1 Å². The lowest BCUT2D eigenvalue weighted by molar-refractivity contribution is 0.0529. The molecule has 1 aliphatic heterocycles. The fourth-order valence-corrected chi connectivity index (χ4v) is 4.13. The van der Waals surface area contributed by atoms with Crippen molar-refractivity contribution in [3.8, 4) is 11.5 Å². The molecular weight excluding hydrogens is 408 g/mol. The van der Waals surface area contributed by atoms with Crippen molar-refractivity contribution in [2.75, 3.05) is 40.4 Å². The van der Waals surface area contributed by atoms with E-state index in [9.17, 15) is 9.59 Å². The van der Waals surface area contributed by atoms with Crippen LogP contribution in [0.4, 0.5) is 0 Å². The Hall–Kier alpha value is -3.03. The Balaban J connectivity index is 1.44. The standard InChI is InChI=1S/C24H32N4O4/c1-24(2,3)28-20(16-6-7-16)15-19(25-28)23(30)27-12-10-26(11-13-27)22(29)18-9-8-17(31-4)14-21(18)32-5/h8-9,14-16H,6-7,10-13H2,1-5H3. The maximum absolute atomic E-state index is 13.2. The minimum Gasteiger partial charge on any atom is -0.497 e. The molecule has 1 aromatic heterocycles. The fourth-order valence-electron chi connectivity index (χ4n) is 4.13. The predicted octanol–water partition coefficient (Wildman–Crippen LogP) is 3.13. The van der Waals surface area contributed by atoms with E-state index in [1.807, 2.05) is 10.7 Å². The van der Waals surface area contributed by atoms with Gasteiger partial charge in [0.25, 0.3) is 11.8 Å². The molecule has 8 nitrogen and oxygen atoms in total. The largest absolute Gasteiger partial charge is 0.497 e. The molecule has 0 atom stereocenters. The highest BCUT2D eigenvalue weighted by molar-refractivity contribution is 5.97. The number of methoxy groups -OCH3 is 2. The zero-order valence-corrected chi connectivity index (χ0v) is 19.6. The highest BCUT2D eigenvalue weighted by Gasteiger charge is 2.34. The van der Waals surface area contributed by atoms with Gasteiger partial charge in [0, 0.05) is 43.9 Å². The molecule has 0 unspecified atom stereocenters. The Morgan fingerprint density at radius 3 is 2.09 bits per heavy atom. The molecule has 1 saturated heterocycles. The van der Waals surface area contributed by atoms with Gasteiger partial charge in [0.15, 0.2) is 5.69 Å². The van der Waals surface area contributed by atoms with Crippen molar-refractivity contribution >= 4 is 11.8 Å². The second kappa shape index (κ2) is 8.48. The molecule has 8 heteroatoms. The number of amides is 2. The molecule has 2 fully saturated rings. The normalized spacial score (nSPS) is 16.8. The summed E-state index contributed by atoms with van der Waals surface area (Å²) in [6.07, 6.45) is 2.32. The first-order valence-electron chi connectivity index (χ1n) is 11.1. The van der Waals surface area contributed by atoms with Crippen LogP contribution >= 0.6 is 0 Å². The molecule has 0 spiro atoms. The molecule has 1 aromatic carbocycles. The van der Waals surface area contributed by atoms with Crippen LogP contribution in [0.5, 0.6) is 11.5 Å². The van der Waals surface area contributed by atoms with E-state index in [0.29, 0.717) is 54.9 Å². The summed E-state index contributed by atoms with van der Waals surface area (Å²) in [5.41, 5.74) is 1.98. The summed E-state index contributed by atoms with van der Waals surface area (Å²) >= 11 is 0. The van der Waals surface area contributed by atoms with E-state index in [4.69, 9.17) is 9.47 Å². The molecule has 4 rings (SSSR count). The van der Waals surface area contributed by atoms with Crippen LogP contribution in [-0.2, 0) is 5.54 Å². The summed E-state index contributed by atoms with van der Waals surface area (Å²) < 4.78 is 12.6. The van der Waals surface area contributed by atoms with Crippen molar-refractivity contribution < 1.29 is 19.1 Å². The third-order valence-corrected chi connectivity index (χ3v) is 6.08. The monoisotopic (exact) mass is 440 g/mol. The minimum absolute atomic E-state index is 0.0657. The molecular formula is C24H32N4O4. The summed E-state index contributed by atoms with van der Waals surface area (Å²) in [4.78, 5) is 29.8. The molecule has 0 bridgehead atoms. The highest BCUT2D eigenvalue weighted by Crippen LogP contribution is 2.41. The van der Waals surface area contributed by atoms with Gasteiger partial charge in [-0.2, -0.15) is 5.10 Å². The van der Waals surface area contributed by atoms with Gasteiger partial charge in [0.2, 0.25) is 0 Å². The average molecular weight is 441 g/mol. The third-order valence-electron chi connectivity index (χ3n) is 6.08. The Morgan fingerprint density at radius 2 is 1.56 bits per heavy atom. The van der Waals surface area contributed by atoms with E-state index in [1.165, 1.54) is 7.11 Å². The third kappa shape index (κ3) is 4.31. The van der Waals surface area contributed by atoms with Crippen molar-refractivity contribution in [1.29, 1.82) is 0 Å². The number of rotatable bonds is 5. The molecule has 2 aromatic rings. The van der Waals surface area contributed by atoms with E-state index in [0.717, 1.165) is 18.5 Å². The lowest BCUT2D eigenvalue weighted by Crippen LogP contribution is -2.50. The lowest BCUT2D eigenvalue weighted by Gasteiger charge is -2.34. The first kappa shape index (κ1) is 22.2. The molecule has 172 valence electrons. The van der Waals surface area contributed by atoms with E-state index in [2.05, 4.69) is 25.9 Å². The quantitative estimate of drug-likeness (QED) is 0.714. The van der Waals surface area contributed by atoms with Crippen LogP contribution in [0.25, 0.3) is 0 Å². The summed E-state index contributed by atoms with van der Waals surface area (Å²) in [7, 11) is 3.11. The highest BCUT2D eigenvalue weighted by atomic mass is 16.5. The Kier molecular flexibility index (Phi) is 5.88. The van der Waals surface area contributed by atoms with Gasteiger partial charge in [-0.25, -0.2) is 0 Å². The van der Waals surface area contributed by atoms with E-state index >= 15 is 0 Å². The fraction of sp³-hybridized carbons (Fsp3) is 0.542. The van der Waals surface area contributed by atoms with Crippen LogP contribution in [0, 0.1) is 0 Å². The molecule has 0 radical (unpaired) electrons. The number of piperazine rings is 1. The first-order chi connectivity index (χ1) is 15.2. The Bertz CT molecular complexity index is 1010. The van der Waals surface area contributed by atoms with Gasteiger partial charge >= 0.3 is 0 Å². The van der Waals surface area contributed by atoms with Crippen molar-refractivity contribution in [1.82, 2.24) is 19.6 Å². The molecule has 0 N–H and O–H groups in total. The number of hydrogen-bond donors (Lipinski definition) is 0. The van der Waals surface area contributed by atoms with Gasteiger partial charge in [-0.1, -0.05) is 0 Å². The molecule has 2 heterocycles. The van der Waals surface area contributed by atoms with Crippen LogP contribution in [0.2, 0.25) is 0 Å². The second-order valence-electron chi connectivity index (χ2n) is 9.46. The number of carbonyl (C=O) groups excluding carboxylic acids is 2. The van der Waals surface area contributed by atoms with Crippen LogP contribution in [0.3, 0.4) is 0 Å². The van der Waals surface area contributed by atoms with E-state index in [-0.39, 0.29) is 17.4 Å². The summed E-state index contributed by atoms with van der Waals surface area (Å²) in [5.74, 6) is 1.45. The maximum Gasteiger partial charge on any atom is 0.274 e. The van der Waals surface area contributed by atoms with Gasteiger partial charge in [-0.05, 0) is 51.8 Å². The summed E-state index contributed by atoms with van der Waals surface area (Å²) in [5, 5.41) is 4.68. The smallest absolute Gasteiger partial charge is 0.274 e. The van der Waals surface area contributed by atoms with E-state index in [1.54, 1.807) is 35.1 Å². The van der Waals surface area contributed by atoms with Crippen molar-refractivity contribution in [2.24, 2.45) is 0 Å². The number of aromatic nitrogens is 2. The van der Waals surface area contributed by atoms with Gasteiger partial charge in [-0.3, -0.25) is 14.3 Å². The van der Waals surface area contributed by atoms with Crippen LogP contribution in [0.15, 0.2) is 24.3 Å². The SMILES string of the molecule is COc1ccc(C(=O)N2CCN(C(=O)c3cc(C4CC4)n(C(C)(C)C)n3)CC2)c(OC)c1. The number of carbonyl (C=O) groups is 2. The predicted molar refractivity (Wildman–Crippen MR) is 121 cm³/mol. The first-order valence-corrected chi connectivity index (χ1v) is 11.1. The topological polar surface area (TPSA) is 76.9 Å². The van der Waals surface area contributed by atoms with Gasteiger partial charge < -0.3 is 19.3 Å². The summed E-state index contributed by atoms with van der Waals surface area (Å²) in [6, 6.07) is 7.13. The minimum atomic E-state index is -0.168. The van der Waals surface area contributed by atoms with Gasteiger partial charge in [-0.15, -0.1) is 0 Å². The number of nitrogens with zero attached hydrogens (tertiary/aromatic N) is 4. The Morgan fingerprint density at radius 1 is 0.938 bits per heavy atom. The molecule has 2 amide bonds. The van der Waals surface area contributed by atoms with Crippen LogP contribution in [0.1, 0.15) is 66.1 Å². The van der Waals surface area contributed by atoms with Crippen molar-refractivity contribution in [3.63, 3.8) is 0 Å². The van der Waals surface area contributed by atoms with Crippen molar-refractivity contribution in [3.05, 3.63) is 41.2 Å². The second-order valence-corrected chi connectivity index (χ2v) is 9.46. The average Bonchev–Trinajstić information content (AvgIpc) is 3.54. The molecule has 32 heavy (non-hydrogen) atoms.